The predicted octanol–water partition coefficient (Wildman–Crippen LogP) is 2.23. The van der Waals surface area contributed by atoms with E-state index >= 15 is 0 Å². The van der Waals surface area contributed by atoms with E-state index in [1.807, 2.05) is 0 Å². The van der Waals surface area contributed by atoms with Gasteiger partial charge in [-0.05, 0) is 26.3 Å². The third kappa shape index (κ3) is 2.39. The zero-order chi connectivity index (χ0) is 14.3. The summed E-state index contributed by atoms with van der Waals surface area (Å²) in [7, 11) is 0.256. The van der Waals surface area contributed by atoms with Crippen molar-refractivity contribution in [1.29, 1.82) is 0 Å². The normalized spacial score (nSPS) is 33.4. The van der Waals surface area contributed by atoms with E-state index in [4.69, 9.17) is 0 Å². The molecule has 1 aromatic carbocycles. The molecular formula is C16H27NOSi. The van der Waals surface area contributed by atoms with Gasteiger partial charge in [0.2, 0.25) is 0 Å². The Bertz CT molecular complexity index is 434. The zero-order valence-electron chi connectivity index (χ0n) is 12.9. The average molecular weight is 277 g/mol. The molecule has 0 amide bonds. The Kier molecular flexibility index (Phi) is 3.91. The number of hydrogen-bond donors (Lipinski definition) is 1. The molecule has 1 saturated heterocycles. The molecule has 19 heavy (non-hydrogen) atoms. The van der Waals surface area contributed by atoms with Crippen molar-refractivity contribution >= 4 is 13.3 Å². The molecular weight excluding hydrogens is 250 g/mol. The van der Waals surface area contributed by atoms with Gasteiger partial charge in [-0.2, -0.15) is 0 Å². The summed E-state index contributed by atoms with van der Waals surface area (Å²) < 4.78 is 0. The lowest BCUT2D eigenvalue weighted by Gasteiger charge is -2.52. The van der Waals surface area contributed by atoms with Gasteiger partial charge in [-0.3, -0.25) is 0 Å². The molecule has 3 heteroatoms. The number of piperidine rings is 1. The largest absolute Gasteiger partial charge is 0.393 e. The number of rotatable bonds is 2. The Morgan fingerprint density at radius 2 is 1.79 bits per heavy atom. The second-order valence-electron chi connectivity index (χ2n) is 6.81. The summed E-state index contributed by atoms with van der Waals surface area (Å²) in [5.74, 6) is 0.329. The fraction of sp³-hybridized carbons (Fsp3) is 0.625. The Morgan fingerprint density at radius 1 is 1.21 bits per heavy atom. The SMILES string of the molecule is CC1CC(O)([Si](C)(C)c2ccccc2)C(C)CN1C. The Labute approximate surface area is 118 Å². The fourth-order valence-corrected chi connectivity index (χ4v) is 7.20. The minimum Gasteiger partial charge on any atom is -0.393 e. The van der Waals surface area contributed by atoms with Gasteiger partial charge >= 0.3 is 0 Å². The lowest BCUT2D eigenvalue weighted by molar-refractivity contribution is -0.0236. The monoisotopic (exact) mass is 277 g/mol. The molecule has 0 spiro atoms. The lowest BCUT2D eigenvalue weighted by Crippen LogP contribution is -2.70. The highest BCUT2D eigenvalue weighted by Gasteiger charge is 2.53. The van der Waals surface area contributed by atoms with Gasteiger partial charge in [0.15, 0.2) is 0 Å². The first kappa shape index (κ1) is 14.8. The van der Waals surface area contributed by atoms with Gasteiger partial charge in [0.05, 0.1) is 5.22 Å². The number of aliphatic hydroxyl groups is 1. The molecule has 0 aliphatic carbocycles. The molecule has 1 aromatic rings. The third-order valence-electron chi connectivity index (χ3n) is 5.31. The minimum absolute atomic E-state index is 0.329. The fourth-order valence-electron chi connectivity index (χ4n) is 3.55. The average Bonchev–Trinajstić information content (AvgIpc) is 2.37. The molecule has 1 aliphatic heterocycles. The van der Waals surface area contributed by atoms with E-state index in [1.165, 1.54) is 5.19 Å². The summed E-state index contributed by atoms with van der Waals surface area (Å²) in [5.41, 5.74) is 0. The van der Waals surface area contributed by atoms with Crippen molar-refractivity contribution in [3.05, 3.63) is 30.3 Å². The predicted molar refractivity (Wildman–Crippen MR) is 84.4 cm³/mol. The van der Waals surface area contributed by atoms with Gasteiger partial charge in [0.1, 0.15) is 8.07 Å². The smallest absolute Gasteiger partial charge is 0.117 e. The van der Waals surface area contributed by atoms with Crippen LogP contribution in [-0.4, -0.2) is 42.9 Å². The molecule has 1 heterocycles. The van der Waals surface area contributed by atoms with Crippen LogP contribution in [0.2, 0.25) is 13.1 Å². The van der Waals surface area contributed by atoms with Crippen LogP contribution in [-0.2, 0) is 0 Å². The van der Waals surface area contributed by atoms with Crippen molar-refractivity contribution in [3.63, 3.8) is 0 Å². The Morgan fingerprint density at radius 3 is 2.37 bits per heavy atom. The second-order valence-corrected chi connectivity index (χ2v) is 11.5. The van der Waals surface area contributed by atoms with Gasteiger partial charge in [-0.15, -0.1) is 0 Å². The summed E-state index contributed by atoms with van der Waals surface area (Å²) in [6.07, 6.45) is 0.888. The van der Waals surface area contributed by atoms with Gasteiger partial charge < -0.3 is 10.0 Å². The summed E-state index contributed by atoms with van der Waals surface area (Å²) in [5, 5.41) is 12.3. The van der Waals surface area contributed by atoms with Crippen molar-refractivity contribution in [3.8, 4) is 0 Å². The van der Waals surface area contributed by atoms with E-state index < -0.39 is 13.3 Å². The quantitative estimate of drug-likeness (QED) is 0.838. The van der Waals surface area contributed by atoms with Crippen molar-refractivity contribution in [2.75, 3.05) is 13.6 Å². The molecule has 3 atom stereocenters. The first-order chi connectivity index (χ1) is 8.79. The van der Waals surface area contributed by atoms with Crippen molar-refractivity contribution in [2.24, 2.45) is 5.92 Å². The van der Waals surface area contributed by atoms with Gasteiger partial charge in [0, 0.05) is 12.6 Å². The van der Waals surface area contributed by atoms with Crippen LogP contribution in [0.3, 0.4) is 0 Å². The molecule has 0 saturated carbocycles. The first-order valence-electron chi connectivity index (χ1n) is 7.27. The maximum Gasteiger partial charge on any atom is 0.117 e. The standard InChI is InChI=1S/C16H27NOSi/c1-13-12-17(3)14(2)11-16(13,18)19(4,5)15-9-7-6-8-10-15/h6-10,13-14,18H,11-12H2,1-5H3. The van der Waals surface area contributed by atoms with Crippen LogP contribution in [0.5, 0.6) is 0 Å². The van der Waals surface area contributed by atoms with Crippen LogP contribution in [0.15, 0.2) is 30.3 Å². The summed E-state index contributed by atoms with van der Waals surface area (Å²) >= 11 is 0. The van der Waals surface area contributed by atoms with E-state index in [9.17, 15) is 5.11 Å². The first-order valence-corrected chi connectivity index (χ1v) is 10.3. The minimum atomic E-state index is -1.91. The molecule has 2 nitrogen and oxygen atoms in total. The van der Waals surface area contributed by atoms with Crippen LogP contribution in [0, 0.1) is 5.92 Å². The molecule has 2 rings (SSSR count). The molecule has 0 aromatic heterocycles. The lowest BCUT2D eigenvalue weighted by atomic mass is 9.91. The van der Waals surface area contributed by atoms with E-state index in [0.717, 1.165) is 13.0 Å². The van der Waals surface area contributed by atoms with Crippen molar-refractivity contribution < 1.29 is 5.11 Å². The maximum absolute atomic E-state index is 11.4. The van der Waals surface area contributed by atoms with Crippen LogP contribution in [0.1, 0.15) is 20.3 Å². The van der Waals surface area contributed by atoms with Gasteiger partial charge in [-0.25, -0.2) is 0 Å². The molecule has 1 N–H and O–H groups in total. The highest BCUT2D eigenvalue weighted by Crippen LogP contribution is 2.37. The molecule has 1 fully saturated rings. The topological polar surface area (TPSA) is 23.5 Å². The summed E-state index contributed by atoms with van der Waals surface area (Å²) in [6.45, 7) is 10.1. The third-order valence-corrected chi connectivity index (χ3v) is 9.95. The van der Waals surface area contributed by atoms with Crippen molar-refractivity contribution in [2.45, 2.75) is 44.6 Å². The van der Waals surface area contributed by atoms with E-state index in [2.05, 4.69) is 69.2 Å². The molecule has 106 valence electrons. The number of likely N-dealkylation sites (tertiary alicyclic amines) is 1. The number of benzene rings is 1. The Balaban J connectivity index is 2.38. The van der Waals surface area contributed by atoms with Crippen LogP contribution in [0.4, 0.5) is 0 Å². The van der Waals surface area contributed by atoms with Crippen LogP contribution < -0.4 is 5.19 Å². The van der Waals surface area contributed by atoms with E-state index in [-0.39, 0.29) is 0 Å². The molecule has 0 bridgehead atoms. The highest BCUT2D eigenvalue weighted by atomic mass is 28.3. The zero-order valence-corrected chi connectivity index (χ0v) is 13.9. The van der Waals surface area contributed by atoms with E-state index in [1.54, 1.807) is 0 Å². The number of nitrogens with zero attached hydrogens (tertiary/aromatic N) is 1. The molecule has 1 aliphatic rings. The van der Waals surface area contributed by atoms with Crippen molar-refractivity contribution in [1.82, 2.24) is 4.90 Å². The summed E-state index contributed by atoms with van der Waals surface area (Å²) in [6, 6.07) is 11.1. The summed E-state index contributed by atoms with van der Waals surface area (Å²) in [4.78, 5) is 2.37. The van der Waals surface area contributed by atoms with Gasteiger partial charge in [-0.1, -0.05) is 55.5 Å². The van der Waals surface area contributed by atoms with Crippen LogP contribution >= 0.6 is 0 Å². The maximum atomic E-state index is 11.4. The van der Waals surface area contributed by atoms with E-state index in [0.29, 0.717) is 12.0 Å². The number of hydrogen-bond acceptors (Lipinski definition) is 2. The second kappa shape index (κ2) is 5.04. The highest BCUT2D eigenvalue weighted by molar-refractivity contribution is 6.92. The van der Waals surface area contributed by atoms with Crippen LogP contribution in [0.25, 0.3) is 0 Å². The molecule has 3 unspecified atom stereocenters. The Hall–Kier alpha value is -0.643. The van der Waals surface area contributed by atoms with Gasteiger partial charge in [0.25, 0.3) is 0 Å². The molecule has 0 radical (unpaired) electrons.